The van der Waals surface area contributed by atoms with E-state index in [1.807, 2.05) is 23.3 Å². The second-order valence-corrected chi connectivity index (χ2v) is 5.89. The lowest BCUT2D eigenvalue weighted by Crippen LogP contribution is -2.49. The Hall–Kier alpha value is -2.15. The van der Waals surface area contributed by atoms with E-state index in [0.29, 0.717) is 18.2 Å². The van der Waals surface area contributed by atoms with Crippen LogP contribution in [0.4, 0.5) is 0 Å². The minimum Gasteiger partial charge on any atom is -0.356 e. The van der Waals surface area contributed by atoms with Gasteiger partial charge in [-0.25, -0.2) is 9.98 Å². The van der Waals surface area contributed by atoms with Crippen LogP contribution in [-0.2, 0) is 0 Å². The quantitative estimate of drug-likeness (QED) is 0.788. The topological polar surface area (TPSA) is 64.1 Å². The van der Waals surface area contributed by atoms with Gasteiger partial charge in [-0.3, -0.25) is 4.79 Å². The number of rotatable bonds is 1. The molecule has 3 aliphatic rings. The molecular formula is C14H12BrN5O. The first-order chi connectivity index (χ1) is 10.2. The molecule has 7 heteroatoms. The van der Waals surface area contributed by atoms with Crippen molar-refractivity contribution in [3.63, 3.8) is 0 Å². The number of nitrogens with zero attached hydrogens (tertiary/aromatic N) is 4. The molecule has 0 fully saturated rings. The maximum Gasteiger partial charge on any atom is 0.272 e. The van der Waals surface area contributed by atoms with Gasteiger partial charge in [0.25, 0.3) is 5.91 Å². The first kappa shape index (κ1) is 12.6. The molecule has 0 bridgehead atoms. The summed E-state index contributed by atoms with van der Waals surface area (Å²) in [5, 5.41) is 0. The molecule has 0 saturated carbocycles. The molecule has 1 amide bonds. The molecule has 0 aromatic carbocycles. The van der Waals surface area contributed by atoms with Gasteiger partial charge in [0.05, 0.1) is 6.04 Å². The van der Waals surface area contributed by atoms with Gasteiger partial charge in [-0.05, 0) is 28.1 Å². The second kappa shape index (κ2) is 4.70. The number of aromatic nitrogens is 1. The van der Waals surface area contributed by atoms with E-state index in [4.69, 9.17) is 0 Å². The van der Waals surface area contributed by atoms with Crippen LogP contribution >= 0.6 is 15.9 Å². The van der Waals surface area contributed by atoms with Gasteiger partial charge in [0.1, 0.15) is 5.69 Å². The second-order valence-electron chi connectivity index (χ2n) is 4.98. The van der Waals surface area contributed by atoms with Gasteiger partial charge in [0.2, 0.25) is 5.96 Å². The smallest absolute Gasteiger partial charge is 0.272 e. The third-order valence-corrected chi connectivity index (χ3v) is 4.18. The number of nitrogens with one attached hydrogen (secondary N) is 1. The zero-order valence-corrected chi connectivity index (χ0v) is 12.6. The molecule has 0 saturated heterocycles. The van der Waals surface area contributed by atoms with Crippen molar-refractivity contribution >= 4 is 34.0 Å². The average Bonchev–Trinajstić information content (AvgIpc) is 3.09. The van der Waals surface area contributed by atoms with Gasteiger partial charge in [0, 0.05) is 29.6 Å². The molecule has 0 spiro atoms. The van der Waals surface area contributed by atoms with Crippen LogP contribution in [-0.4, -0.2) is 51.6 Å². The van der Waals surface area contributed by atoms with E-state index in [9.17, 15) is 4.79 Å². The van der Waals surface area contributed by atoms with Gasteiger partial charge < -0.3 is 14.8 Å². The van der Waals surface area contributed by atoms with Crippen molar-refractivity contribution in [1.82, 2.24) is 14.8 Å². The van der Waals surface area contributed by atoms with Crippen LogP contribution in [0.5, 0.6) is 0 Å². The first-order valence-corrected chi connectivity index (χ1v) is 7.42. The highest BCUT2D eigenvalue weighted by Crippen LogP contribution is 2.28. The third kappa shape index (κ3) is 1.96. The summed E-state index contributed by atoms with van der Waals surface area (Å²) >= 11 is 3.35. The van der Waals surface area contributed by atoms with Crippen LogP contribution in [0.2, 0.25) is 0 Å². The van der Waals surface area contributed by atoms with E-state index in [-0.39, 0.29) is 18.1 Å². The zero-order chi connectivity index (χ0) is 14.4. The average molecular weight is 346 g/mol. The molecule has 3 aliphatic heterocycles. The molecule has 2 atom stereocenters. The van der Waals surface area contributed by atoms with Crippen molar-refractivity contribution in [2.75, 3.05) is 6.54 Å². The molecule has 6 nitrogen and oxygen atoms in total. The lowest BCUT2D eigenvalue weighted by atomic mass is 10.1. The highest BCUT2D eigenvalue weighted by Gasteiger charge is 2.41. The summed E-state index contributed by atoms with van der Waals surface area (Å²) in [6.07, 6.45) is 11.1. The number of aliphatic imine (C=N–C) groups is 2. The van der Waals surface area contributed by atoms with Crippen molar-refractivity contribution in [2.45, 2.75) is 12.2 Å². The minimum absolute atomic E-state index is 0.0183. The lowest BCUT2D eigenvalue weighted by Gasteiger charge is -2.34. The maximum absolute atomic E-state index is 12.7. The molecule has 4 heterocycles. The standard InChI is InChI=1S/C14H12BrN5O/c15-9-7-10(17-8-9)13(21)20-5-1-3-11-12(20)18-14-16-4-2-6-19(11)14/h1-4,6-8,11-12,17H,5H2/t11-,12+/m0/s1. The van der Waals surface area contributed by atoms with Gasteiger partial charge in [-0.1, -0.05) is 12.2 Å². The summed E-state index contributed by atoms with van der Waals surface area (Å²) < 4.78 is 0.859. The Kier molecular flexibility index (Phi) is 2.81. The Morgan fingerprint density at radius 1 is 1.48 bits per heavy atom. The van der Waals surface area contributed by atoms with Crippen LogP contribution < -0.4 is 0 Å². The SMILES string of the molecule is O=C(c1cc(Br)c[nH]1)N1CC=C[C@H]2[C@@H]1N=C1N=CC=CN12. The molecule has 106 valence electrons. The van der Waals surface area contributed by atoms with Crippen molar-refractivity contribution in [3.8, 4) is 0 Å². The van der Waals surface area contributed by atoms with Crippen LogP contribution in [0.25, 0.3) is 0 Å². The van der Waals surface area contributed by atoms with Crippen molar-refractivity contribution in [1.29, 1.82) is 0 Å². The molecule has 1 aromatic heterocycles. The highest BCUT2D eigenvalue weighted by atomic mass is 79.9. The first-order valence-electron chi connectivity index (χ1n) is 6.62. The molecule has 0 radical (unpaired) electrons. The Bertz CT molecular complexity index is 717. The number of H-pyrrole nitrogens is 1. The molecule has 0 unspecified atom stereocenters. The van der Waals surface area contributed by atoms with Gasteiger partial charge in [-0.2, -0.15) is 0 Å². The van der Waals surface area contributed by atoms with Gasteiger partial charge >= 0.3 is 0 Å². The van der Waals surface area contributed by atoms with E-state index < -0.39 is 0 Å². The summed E-state index contributed by atoms with van der Waals surface area (Å²) in [7, 11) is 0. The summed E-state index contributed by atoms with van der Waals surface area (Å²) in [5.74, 6) is 0.599. The third-order valence-electron chi connectivity index (χ3n) is 3.72. The van der Waals surface area contributed by atoms with Crippen LogP contribution in [0.1, 0.15) is 10.5 Å². The van der Waals surface area contributed by atoms with Crippen LogP contribution in [0, 0.1) is 0 Å². The minimum atomic E-state index is -0.237. The van der Waals surface area contributed by atoms with Crippen LogP contribution in [0.15, 0.2) is 51.1 Å². The predicted octanol–water partition coefficient (Wildman–Crippen LogP) is 1.75. The fourth-order valence-electron chi connectivity index (χ4n) is 2.76. The van der Waals surface area contributed by atoms with Crippen molar-refractivity contribution in [3.05, 3.63) is 46.9 Å². The normalized spacial score (nSPS) is 25.9. The summed E-state index contributed by atoms with van der Waals surface area (Å²) in [6.45, 7) is 0.550. The lowest BCUT2D eigenvalue weighted by molar-refractivity contribution is 0.0665. The number of allylic oxidation sites excluding steroid dienone is 1. The molecule has 21 heavy (non-hydrogen) atoms. The number of amides is 1. The monoisotopic (exact) mass is 345 g/mol. The number of carbonyl (C=O) groups excluding carboxylic acids is 1. The predicted molar refractivity (Wildman–Crippen MR) is 83.2 cm³/mol. The number of hydrogen-bond acceptors (Lipinski definition) is 4. The van der Waals surface area contributed by atoms with E-state index in [1.54, 1.807) is 23.4 Å². The number of carbonyl (C=O) groups is 1. The Morgan fingerprint density at radius 3 is 3.19 bits per heavy atom. The summed E-state index contributed by atoms with van der Waals surface area (Å²) in [5.41, 5.74) is 0.556. The largest absolute Gasteiger partial charge is 0.356 e. The number of fused-ring (bicyclic) bond motifs is 3. The fraction of sp³-hybridized carbons (Fsp3) is 0.214. The van der Waals surface area contributed by atoms with E-state index in [2.05, 4.69) is 37.0 Å². The van der Waals surface area contributed by atoms with E-state index in [0.717, 1.165) is 4.47 Å². The van der Waals surface area contributed by atoms with Crippen molar-refractivity contribution in [2.24, 2.45) is 9.98 Å². The summed E-state index contributed by atoms with van der Waals surface area (Å²) in [6, 6.07) is 1.80. The van der Waals surface area contributed by atoms with E-state index >= 15 is 0 Å². The molecule has 1 N–H and O–H groups in total. The number of guanidine groups is 1. The zero-order valence-electron chi connectivity index (χ0n) is 11.0. The fourth-order valence-corrected chi connectivity index (χ4v) is 3.11. The van der Waals surface area contributed by atoms with Gasteiger partial charge in [-0.15, -0.1) is 0 Å². The van der Waals surface area contributed by atoms with E-state index in [1.165, 1.54) is 0 Å². The molecular weight excluding hydrogens is 334 g/mol. The Morgan fingerprint density at radius 2 is 2.38 bits per heavy atom. The number of hydrogen-bond donors (Lipinski definition) is 1. The molecule has 4 rings (SSSR count). The summed E-state index contributed by atoms with van der Waals surface area (Å²) in [4.78, 5) is 28.2. The van der Waals surface area contributed by atoms with Crippen molar-refractivity contribution < 1.29 is 4.79 Å². The number of halogens is 1. The Labute approximate surface area is 129 Å². The molecule has 0 aliphatic carbocycles. The van der Waals surface area contributed by atoms with Crippen LogP contribution in [0.3, 0.4) is 0 Å². The van der Waals surface area contributed by atoms with Gasteiger partial charge in [0.15, 0.2) is 6.17 Å². The molecule has 1 aromatic rings. The maximum atomic E-state index is 12.7. The highest BCUT2D eigenvalue weighted by molar-refractivity contribution is 9.10. The Balaban J connectivity index is 1.67. The number of aromatic amines is 1.